The molecule has 10 nitrogen and oxygen atoms in total. The Morgan fingerprint density at radius 2 is 1.68 bits per heavy atom. The smallest absolute Gasteiger partial charge is 0.249 e. The standard InChI is InChI=1S/C30H31N5O5S/c1-17-8-6-7-9-19(17)16-41-30-33-29-31-18(2)25(28(37)32-21-10-12-22(38-3)13-11-21)26(35(29)34-30)20-14-23(39-4)27(36)24(15-20)40-5/h6-15,25-26,36H,16H2,1-5H3,(H,32,37). The van der Waals surface area contributed by atoms with Crippen molar-refractivity contribution in [3.63, 3.8) is 0 Å². The van der Waals surface area contributed by atoms with Gasteiger partial charge in [-0.2, -0.15) is 4.98 Å². The zero-order valence-electron chi connectivity index (χ0n) is 23.4. The van der Waals surface area contributed by atoms with Crippen LogP contribution in [0.15, 0.2) is 70.8 Å². The molecule has 212 valence electrons. The molecule has 0 fully saturated rings. The lowest BCUT2D eigenvalue weighted by Gasteiger charge is -2.31. The number of anilines is 1. The number of benzene rings is 3. The van der Waals surface area contributed by atoms with E-state index in [0.717, 1.165) is 0 Å². The number of aromatic nitrogens is 3. The van der Waals surface area contributed by atoms with E-state index in [2.05, 4.69) is 29.4 Å². The van der Waals surface area contributed by atoms with Crippen LogP contribution in [0.1, 0.15) is 29.7 Å². The minimum Gasteiger partial charge on any atom is -0.502 e. The fourth-order valence-electron chi connectivity index (χ4n) is 4.78. The Morgan fingerprint density at radius 3 is 2.32 bits per heavy atom. The number of nitrogens with zero attached hydrogens (tertiary/aromatic N) is 4. The number of methoxy groups -OCH3 is 3. The predicted octanol–water partition coefficient (Wildman–Crippen LogP) is 5.56. The number of carbonyl (C=O) groups is 1. The second-order valence-electron chi connectivity index (χ2n) is 9.52. The van der Waals surface area contributed by atoms with E-state index >= 15 is 0 Å². The van der Waals surface area contributed by atoms with Crippen LogP contribution in [0.3, 0.4) is 0 Å². The first kappa shape index (κ1) is 28.0. The lowest BCUT2D eigenvalue weighted by atomic mass is 9.87. The molecule has 11 heteroatoms. The van der Waals surface area contributed by atoms with E-state index in [1.165, 1.54) is 37.1 Å². The molecule has 2 N–H and O–H groups in total. The number of carbonyl (C=O) groups excluding carboxylic acids is 1. The van der Waals surface area contributed by atoms with Crippen molar-refractivity contribution >= 4 is 35.0 Å². The maximum atomic E-state index is 13.9. The quantitative estimate of drug-likeness (QED) is 0.250. The molecule has 0 bridgehead atoms. The second-order valence-corrected chi connectivity index (χ2v) is 10.5. The van der Waals surface area contributed by atoms with Crippen molar-refractivity contribution in [2.24, 2.45) is 10.9 Å². The molecule has 0 radical (unpaired) electrons. The van der Waals surface area contributed by atoms with Gasteiger partial charge in [-0.25, -0.2) is 9.67 Å². The van der Waals surface area contributed by atoms with Crippen LogP contribution in [-0.4, -0.2) is 52.8 Å². The van der Waals surface area contributed by atoms with Crippen LogP contribution in [0, 0.1) is 12.8 Å². The van der Waals surface area contributed by atoms with Gasteiger partial charge in [0.1, 0.15) is 11.7 Å². The first-order chi connectivity index (χ1) is 19.8. The van der Waals surface area contributed by atoms with Crippen LogP contribution in [-0.2, 0) is 10.5 Å². The maximum absolute atomic E-state index is 13.9. The summed E-state index contributed by atoms with van der Waals surface area (Å²) in [6, 6.07) is 18.0. The Balaban J connectivity index is 1.55. The van der Waals surface area contributed by atoms with Crippen molar-refractivity contribution in [3.05, 3.63) is 77.4 Å². The van der Waals surface area contributed by atoms with E-state index in [1.54, 1.807) is 55.1 Å². The van der Waals surface area contributed by atoms with Gasteiger partial charge in [-0.15, -0.1) is 5.10 Å². The summed E-state index contributed by atoms with van der Waals surface area (Å²) in [4.78, 5) is 23.2. The van der Waals surface area contributed by atoms with Crippen molar-refractivity contribution in [2.45, 2.75) is 30.8 Å². The Bertz CT molecular complexity index is 1580. The lowest BCUT2D eigenvalue weighted by Crippen LogP contribution is -2.39. The number of hydrogen-bond acceptors (Lipinski definition) is 9. The Labute approximate surface area is 242 Å². The maximum Gasteiger partial charge on any atom is 0.249 e. The minimum absolute atomic E-state index is 0.132. The molecule has 4 aromatic rings. The summed E-state index contributed by atoms with van der Waals surface area (Å²) >= 11 is 1.50. The SMILES string of the molecule is COc1ccc(NC(=O)C2C(C)=Nc3nc(SCc4ccccc4C)nn3C2c2cc(OC)c(O)c(OC)c2)cc1. The van der Waals surface area contributed by atoms with Gasteiger partial charge in [0.25, 0.3) is 0 Å². The molecule has 0 spiro atoms. The van der Waals surface area contributed by atoms with Gasteiger partial charge in [0.15, 0.2) is 11.5 Å². The van der Waals surface area contributed by atoms with Crippen molar-refractivity contribution in [2.75, 3.05) is 26.6 Å². The van der Waals surface area contributed by atoms with Crippen LogP contribution < -0.4 is 19.5 Å². The van der Waals surface area contributed by atoms with Crippen LogP contribution >= 0.6 is 11.8 Å². The summed E-state index contributed by atoms with van der Waals surface area (Å²) in [7, 11) is 4.51. The Morgan fingerprint density at radius 1 is 1.00 bits per heavy atom. The number of aromatic hydroxyl groups is 1. The molecule has 1 aromatic heterocycles. The molecule has 5 rings (SSSR count). The number of phenols is 1. The molecule has 0 aliphatic carbocycles. The number of aryl methyl sites for hydroxylation is 1. The zero-order chi connectivity index (χ0) is 29.1. The molecule has 0 saturated carbocycles. The summed E-state index contributed by atoms with van der Waals surface area (Å²) in [5.41, 5.74) is 4.20. The number of ether oxygens (including phenoxy) is 3. The number of hydrogen-bond donors (Lipinski definition) is 2. The number of phenolic OH excluding ortho intramolecular Hbond substituents is 1. The Kier molecular flexibility index (Phi) is 8.16. The van der Waals surface area contributed by atoms with E-state index in [1.807, 2.05) is 12.1 Å². The average molecular weight is 574 g/mol. The third kappa shape index (κ3) is 5.71. The number of thioether (sulfide) groups is 1. The molecule has 1 amide bonds. The molecule has 41 heavy (non-hydrogen) atoms. The van der Waals surface area contributed by atoms with E-state index in [9.17, 15) is 9.90 Å². The summed E-state index contributed by atoms with van der Waals surface area (Å²) in [6.07, 6.45) is 0. The normalized spacial score (nSPS) is 16.0. The van der Waals surface area contributed by atoms with Crippen LogP contribution in [0.2, 0.25) is 0 Å². The first-order valence-corrected chi connectivity index (χ1v) is 13.9. The van der Waals surface area contributed by atoms with Gasteiger partial charge in [-0.1, -0.05) is 36.0 Å². The highest BCUT2D eigenvalue weighted by molar-refractivity contribution is 7.98. The second kappa shape index (κ2) is 11.9. The highest BCUT2D eigenvalue weighted by atomic mass is 32.2. The monoisotopic (exact) mass is 573 g/mol. The number of amides is 1. The Hall–Kier alpha value is -4.51. The largest absolute Gasteiger partial charge is 0.502 e. The van der Waals surface area contributed by atoms with Crippen LogP contribution in [0.5, 0.6) is 23.0 Å². The molecule has 3 aromatic carbocycles. The van der Waals surface area contributed by atoms with Crippen molar-refractivity contribution < 1.29 is 24.1 Å². The molecular formula is C30H31N5O5S. The number of fused-ring (bicyclic) bond motifs is 1. The zero-order valence-corrected chi connectivity index (χ0v) is 24.2. The topological polar surface area (TPSA) is 120 Å². The number of nitrogens with one attached hydrogen (secondary N) is 1. The molecule has 2 unspecified atom stereocenters. The molecule has 2 heterocycles. The number of rotatable bonds is 9. The highest BCUT2D eigenvalue weighted by Gasteiger charge is 2.40. The van der Waals surface area contributed by atoms with Crippen LogP contribution in [0.25, 0.3) is 0 Å². The van der Waals surface area contributed by atoms with E-state index < -0.39 is 12.0 Å². The first-order valence-electron chi connectivity index (χ1n) is 12.9. The van der Waals surface area contributed by atoms with Gasteiger partial charge >= 0.3 is 0 Å². The fraction of sp³-hybridized carbons (Fsp3) is 0.267. The van der Waals surface area contributed by atoms with E-state index in [4.69, 9.17) is 24.3 Å². The molecule has 0 saturated heterocycles. The summed E-state index contributed by atoms with van der Waals surface area (Å²) in [5.74, 6) is 1.02. The predicted molar refractivity (Wildman–Crippen MR) is 158 cm³/mol. The fourth-order valence-corrected chi connectivity index (χ4v) is 5.68. The minimum atomic E-state index is -0.750. The van der Waals surface area contributed by atoms with E-state index in [0.29, 0.717) is 39.6 Å². The molecule has 1 aliphatic heterocycles. The van der Waals surface area contributed by atoms with Crippen molar-refractivity contribution in [1.82, 2.24) is 14.8 Å². The van der Waals surface area contributed by atoms with Crippen molar-refractivity contribution in [1.29, 1.82) is 0 Å². The molecular weight excluding hydrogens is 542 g/mol. The average Bonchev–Trinajstić information content (AvgIpc) is 3.38. The van der Waals surface area contributed by atoms with Gasteiger partial charge < -0.3 is 24.6 Å². The van der Waals surface area contributed by atoms with Crippen molar-refractivity contribution in [3.8, 4) is 23.0 Å². The molecule has 1 aliphatic rings. The van der Waals surface area contributed by atoms with Crippen LogP contribution in [0.4, 0.5) is 11.6 Å². The number of aliphatic imine (C=N–C) groups is 1. The summed E-state index contributed by atoms with van der Waals surface area (Å²) in [6.45, 7) is 3.88. The summed E-state index contributed by atoms with van der Waals surface area (Å²) < 4.78 is 17.8. The highest BCUT2D eigenvalue weighted by Crippen LogP contribution is 2.44. The summed E-state index contributed by atoms with van der Waals surface area (Å²) in [5, 5.41) is 18.9. The van der Waals surface area contributed by atoms with Gasteiger partial charge in [0.2, 0.25) is 22.8 Å². The van der Waals surface area contributed by atoms with E-state index in [-0.39, 0.29) is 23.2 Å². The third-order valence-corrected chi connectivity index (χ3v) is 7.89. The van der Waals surface area contributed by atoms with Gasteiger partial charge in [-0.05, 0) is 66.9 Å². The van der Waals surface area contributed by atoms with Gasteiger partial charge in [0, 0.05) is 17.2 Å². The molecule has 2 atom stereocenters. The van der Waals surface area contributed by atoms with Gasteiger partial charge in [-0.3, -0.25) is 4.79 Å². The van der Waals surface area contributed by atoms with Gasteiger partial charge in [0.05, 0.1) is 27.4 Å². The lowest BCUT2D eigenvalue weighted by molar-refractivity contribution is -0.118. The third-order valence-electron chi connectivity index (χ3n) is 7.00.